The van der Waals surface area contributed by atoms with Gasteiger partial charge in [0.25, 0.3) is 0 Å². The Hall–Kier alpha value is -5.87. The summed E-state index contributed by atoms with van der Waals surface area (Å²) in [4.78, 5) is 15.1. The highest BCUT2D eigenvalue weighted by Gasteiger charge is 2.16. The van der Waals surface area contributed by atoms with Crippen LogP contribution in [0.1, 0.15) is 17.5 Å². The van der Waals surface area contributed by atoms with Gasteiger partial charge < -0.3 is 4.42 Å². The highest BCUT2D eigenvalue weighted by molar-refractivity contribution is 6.12. The van der Waals surface area contributed by atoms with Gasteiger partial charge in [0.2, 0.25) is 0 Å². The Morgan fingerprint density at radius 3 is 2.04 bits per heavy atom. The largest absolute Gasteiger partial charge is 0.456 e. The molecule has 8 aromatic rings. The summed E-state index contributed by atoms with van der Waals surface area (Å²) < 4.78 is 6.15. The summed E-state index contributed by atoms with van der Waals surface area (Å²) in [7, 11) is 0. The normalized spacial score (nSPS) is 12.6. The van der Waals surface area contributed by atoms with Gasteiger partial charge in [0.15, 0.2) is 17.5 Å². The lowest BCUT2D eigenvalue weighted by atomic mass is 9.95. The summed E-state index contributed by atoms with van der Waals surface area (Å²) in [6, 6.07) is 44.3. The van der Waals surface area contributed by atoms with Crippen LogP contribution in [0.3, 0.4) is 0 Å². The van der Waals surface area contributed by atoms with E-state index in [2.05, 4.69) is 121 Å². The second-order valence-electron chi connectivity index (χ2n) is 11.6. The number of fused-ring (bicyclic) bond motifs is 5. The van der Waals surface area contributed by atoms with E-state index in [9.17, 15) is 0 Å². The second kappa shape index (κ2) is 10.4. The van der Waals surface area contributed by atoms with Crippen molar-refractivity contribution in [2.45, 2.75) is 12.8 Å². The van der Waals surface area contributed by atoms with Gasteiger partial charge in [-0.15, -0.1) is 0 Å². The molecule has 4 nitrogen and oxygen atoms in total. The van der Waals surface area contributed by atoms with E-state index in [1.165, 1.54) is 16.5 Å². The summed E-state index contributed by atoms with van der Waals surface area (Å²) in [6.45, 7) is 0. The maximum Gasteiger partial charge on any atom is 0.164 e. The second-order valence-corrected chi connectivity index (χ2v) is 11.6. The molecule has 2 heterocycles. The number of allylic oxidation sites excluding steroid dienone is 1. The molecule has 4 heteroatoms. The lowest BCUT2D eigenvalue weighted by molar-refractivity contribution is 0.669. The minimum atomic E-state index is 0.648. The van der Waals surface area contributed by atoms with Crippen molar-refractivity contribution in [2.75, 3.05) is 0 Å². The predicted molar refractivity (Wildman–Crippen MR) is 184 cm³/mol. The maximum atomic E-state index is 6.15. The third kappa shape index (κ3) is 4.50. The Morgan fingerprint density at radius 1 is 0.511 bits per heavy atom. The molecule has 6 aromatic carbocycles. The monoisotopic (exact) mass is 577 g/mol. The number of benzene rings is 6. The predicted octanol–water partition coefficient (Wildman–Crippen LogP) is 10.6. The molecule has 0 saturated heterocycles. The summed E-state index contributed by atoms with van der Waals surface area (Å²) >= 11 is 0. The molecule has 0 aliphatic heterocycles. The van der Waals surface area contributed by atoms with Crippen molar-refractivity contribution in [3.63, 3.8) is 0 Å². The molecule has 0 bridgehead atoms. The van der Waals surface area contributed by atoms with Crippen LogP contribution in [0.2, 0.25) is 0 Å². The van der Waals surface area contributed by atoms with E-state index in [1.807, 2.05) is 18.2 Å². The number of nitrogens with zero attached hydrogens (tertiary/aromatic N) is 3. The third-order valence-electron chi connectivity index (χ3n) is 8.78. The Morgan fingerprint density at radius 2 is 1.18 bits per heavy atom. The van der Waals surface area contributed by atoms with E-state index in [4.69, 9.17) is 19.4 Å². The molecule has 212 valence electrons. The highest BCUT2D eigenvalue weighted by Crippen LogP contribution is 2.37. The minimum Gasteiger partial charge on any atom is -0.456 e. The highest BCUT2D eigenvalue weighted by atomic mass is 16.3. The van der Waals surface area contributed by atoms with Gasteiger partial charge >= 0.3 is 0 Å². The van der Waals surface area contributed by atoms with Crippen LogP contribution < -0.4 is 0 Å². The Bertz CT molecular complexity index is 2440. The SMILES string of the molecule is C1=Cc2cc(-c3nc(-c4ccc(-c5cccc6oc7ccccc7c56)cc4)nc(-c4ccc5ccccc5c4)n3)ccc2CC1. The molecule has 0 radical (unpaired) electrons. The molecule has 0 N–H and O–H groups in total. The van der Waals surface area contributed by atoms with E-state index in [1.54, 1.807) is 0 Å². The molecular weight excluding hydrogens is 550 g/mol. The molecule has 2 aromatic heterocycles. The molecule has 0 saturated carbocycles. The number of hydrogen-bond acceptors (Lipinski definition) is 4. The number of aromatic nitrogens is 3. The molecule has 9 rings (SSSR count). The number of aryl methyl sites for hydroxylation is 1. The van der Waals surface area contributed by atoms with Crippen molar-refractivity contribution in [1.82, 2.24) is 15.0 Å². The smallest absolute Gasteiger partial charge is 0.164 e. The van der Waals surface area contributed by atoms with Gasteiger partial charge in [-0.1, -0.05) is 115 Å². The lowest BCUT2D eigenvalue weighted by Gasteiger charge is -2.13. The summed E-state index contributed by atoms with van der Waals surface area (Å²) in [5.41, 5.74) is 9.52. The molecule has 1 aliphatic carbocycles. The van der Waals surface area contributed by atoms with Crippen molar-refractivity contribution in [1.29, 1.82) is 0 Å². The van der Waals surface area contributed by atoms with Crippen molar-refractivity contribution < 1.29 is 4.42 Å². The zero-order chi connectivity index (χ0) is 29.7. The van der Waals surface area contributed by atoms with Crippen LogP contribution in [-0.2, 0) is 6.42 Å². The van der Waals surface area contributed by atoms with Crippen LogP contribution in [-0.4, -0.2) is 15.0 Å². The van der Waals surface area contributed by atoms with E-state index >= 15 is 0 Å². The Labute approximate surface area is 260 Å². The summed E-state index contributed by atoms with van der Waals surface area (Å²) in [5, 5.41) is 4.59. The van der Waals surface area contributed by atoms with Gasteiger partial charge in [0.05, 0.1) is 0 Å². The fraction of sp³-hybridized carbons (Fsp3) is 0.0488. The van der Waals surface area contributed by atoms with Gasteiger partial charge in [-0.2, -0.15) is 0 Å². The number of furan rings is 1. The van der Waals surface area contributed by atoms with Gasteiger partial charge in [-0.05, 0) is 70.1 Å². The third-order valence-corrected chi connectivity index (χ3v) is 8.78. The average Bonchev–Trinajstić information content (AvgIpc) is 3.50. The zero-order valence-electron chi connectivity index (χ0n) is 24.4. The van der Waals surface area contributed by atoms with Crippen molar-refractivity contribution >= 4 is 38.8 Å². The van der Waals surface area contributed by atoms with Gasteiger partial charge in [0.1, 0.15) is 11.2 Å². The first-order valence-corrected chi connectivity index (χ1v) is 15.3. The molecule has 0 unspecified atom stereocenters. The zero-order valence-corrected chi connectivity index (χ0v) is 24.4. The number of rotatable bonds is 4. The number of hydrogen-bond donors (Lipinski definition) is 0. The van der Waals surface area contributed by atoms with Crippen molar-refractivity contribution in [3.8, 4) is 45.3 Å². The number of para-hydroxylation sites is 1. The molecule has 0 amide bonds. The molecule has 0 atom stereocenters. The molecule has 0 fully saturated rings. The van der Waals surface area contributed by atoms with E-state index in [-0.39, 0.29) is 0 Å². The summed E-state index contributed by atoms with van der Waals surface area (Å²) in [6.07, 6.45) is 6.58. The van der Waals surface area contributed by atoms with E-state index in [0.29, 0.717) is 17.5 Å². The van der Waals surface area contributed by atoms with Crippen LogP contribution >= 0.6 is 0 Å². The van der Waals surface area contributed by atoms with Crippen molar-refractivity contribution in [2.24, 2.45) is 0 Å². The summed E-state index contributed by atoms with van der Waals surface area (Å²) in [5.74, 6) is 1.98. The van der Waals surface area contributed by atoms with Gasteiger partial charge in [-0.3, -0.25) is 0 Å². The standard InChI is InChI=1S/C41H27N3O/c1-3-10-30-24-32(22-16-26(30)8-1)40-42-39(43-41(44-40)33-23-17-27-9-2-4-11-31(27)25-33)29-20-18-28(19-21-29)34-13-7-15-37-38(34)35-12-5-6-14-36(35)45-37/h1,3-8,10-25H,2,9H2. The van der Waals surface area contributed by atoms with E-state index < -0.39 is 0 Å². The molecule has 1 aliphatic rings. The van der Waals surface area contributed by atoms with E-state index in [0.717, 1.165) is 68.0 Å². The van der Waals surface area contributed by atoms with Crippen LogP contribution in [0.5, 0.6) is 0 Å². The van der Waals surface area contributed by atoms with Crippen LogP contribution in [0.15, 0.2) is 138 Å². The average molecular weight is 578 g/mol. The first kappa shape index (κ1) is 25.6. The first-order chi connectivity index (χ1) is 22.3. The van der Waals surface area contributed by atoms with Crippen LogP contribution in [0.25, 0.3) is 84.1 Å². The lowest BCUT2D eigenvalue weighted by Crippen LogP contribution is -2.01. The maximum absolute atomic E-state index is 6.15. The van der Waals surface area contributed by atoms with Gasteiger partial charge in [0, 0.05) is 27.5 Å². The fourth-order valence-electron chi connectivity index (χ4n) is 6.47. The van der Waals surface area contributed by atoms with Crippen LogP contribution in [0.4, 0.5) is 0 Å². The van der Waals surface area contributed by atoms with Gasteiger partial charge in [-0.25, -0.2) is 15.0 Å². The van der Waals surface area contributed by atoms with Crippen molar-refractivity contribution in [3.05, 3.63) is 145 Å². The Kier molecular flexibility index (Phi) is 5.91. The first-order valence-electron chi connectivity index (χ1n) is 15.3. The minimum absolute atomic E-state index is 0.648. The van der Waals surface area contributed by atoms with Crippen LogP contribution in [0, 0.1) is 0 Å². The molecule has 45 heavy (non-hydrogen) atoms. The topological polar surface area (TPSA) is 51.8 Å². The quantitative estimate of drug-likeness (QED) is 0.209. The molecular formula is C41H27N3O. The molecule has 0 spiro atoms. The fourth-order valence-corrected chi connectivity index (χ4v) is 6.47. The Balaban J connectivity index is 1.18.